The van der Waals surface area contributed by atoms with E-state index in [0.29, 0.717) is 6.61 Å². The first-order chi connectivity index (χ1) is 11.3. The van der Waals surface area contributed by atoms with E-state index in [0.717, 1.165) is 32.0 Å². The zero-order chi connectivity index (χ0) is 16.3. The Morgan fingerprint density at radius 1 is 1.22 bits per heavy atom. The van der Waals surface area contributed by atoms with Crippen LogP contribution < -0.4 is 10.6 Å². The Balaban J connectivity index is 1.68. The van der Waals surface area contributed by atoms with Crippen molar-refractivity contribution in [1.29, 1.82) is 0 Å². The Bertz CT molecular complexity index is 578. The second-order valence-corrected chi connectivity index (χ2v) is 5.22. The molecule has 0 unspecified atom stereocenters. The molecule has 0 aliphatic carbocycles. The van der Waals surface area contributed by atoms with E-state index >= 15 is 0 Å². The first-order valence-corrected chi connectivity index (χ1v) is 7.80. The third kappa shape index (κ3) is 6.12. The number of benzene rings is 1. The summed E-state index contributed by atoms with van der Waals surface area (Å²) in [5.74, 6) is 0.812. The molecular weight excluding hydrogens is 290 g/mol. The van der Waals surface area contributed by atoms with Crippen LogP contribution in [-0.2, 0) is 24.4 Å². The van der Waals surface area contributed by atoms with Crippen LogP contribution in [0, 0.1) is 0 Å². The first-order valence-electron chi connectivity index (χ1n) is 7.80. The lowest BCUT2D eigenvalue weighted by Gasteiger charge is -2.12. The summed E-state index contributed by atoms with van der Waals surface area (Å²) >= 11 is 0. The van der Waals surface area contributed by atoms with Crippen LogP contribution in [0.15, 0.2) is 47.7 Å². The van der Waals surface area contributed by atoms with Crippen LogP contribution in [0.2, 0.25) is 0 Å². The predicted molar refractivity (Wildman–Crippen MR) is 92.2 cm³/mol. The molecule has 0 aliphatic rings. The van der Waals surface area contributed by atoms with Gasteiger partial charge in [-0.1, -0.05) is 24.3 Å². The van der Waals surface area contributed by atoms with Gasteiger partial charge in [0.15, 0.2) is 5.96 Å². The molecule has 0 aliphatic heterocycles. The van der Waals surface area contributed by atoms with Gasteiger partial charge in [0, 0.05) is 46.2 Å². The number of nitrogens with one attached hydrogen (secondary N) is 2. The van der Waals surface area contributed by atoms with Crippen LogP contribution >= 0.6 is 0 Å². The molecule has 6 heteroatoms. The smallest absolute Gasteiger partial charge is 0.191 e. The van der Waals surface area contributed by atoms with Gasteiger partial charge in [-0.15, -0.1) is 0 Å². The van der Waals surface area contributed by atoms with Gasteiger partial charge in [0.05, 0.1) is 6.61 Å². The minimum Gasteiger partial charge on any atom is -0.380 e. The molecule has 0 radical (unpaired) electrons. The molecule has 0 saturated heterocycles. The predicted octanol–water partition coefficient (Wildman–Crippen LogP) is 1.78. The molecule has 0 bridgehead atoms. The van der Waals surface area contributed by atoms with E-state index in [4.69, 9.17) is 4.74 Å². The minimum atomic E-state index is 0.646. The van der Waals surface area contributed by atoms with Crippen molar-refractivity contribution in [3.05, 3.63) is 53.9 Å². The zero-order valence-electron chi connectivity index (χ0n) is 13.8. The molecule has 0 atom stereocenters. The molecule has 23 heavy (non-hydrogen) atoms. The fraction of sp³-hybridized carbons (Fsp3) is 0.412. The van der Waals surface area contributed by atoms with Crippen molar-refractivity contribution in [3.8, 4) is 0 Å². The van der Waals surface area contributed by atoms with Gasteiger partial charge in [-0.2, -0.15) is 5.10 Å². The number of nitrogens with zero attached hydrogens (tertiary/aromatic N) is 3. The number of hydrogen-bond acceptors (Lipinski definition) is 3. The molecule has 0 fully saturated rings. The van der Waals surface area contributed by atoms with Crippen LogP contribution in [0.3, 0.4) is 0 Å². The zero-order valence-corrected chi connectivity index (χ0v) is 13.8. The second-order valence-electron chi connectivity index (χ2n) is 5.22. The second kappa shape index (κ2) is 9.63. The third-order valence-electron chi connectivity index (χ3n) is 3.43. The summed E-state index contributed by atoms with van der Waals surface area (Å²) in [4.78, 5) is 4.24. The number of guanidine groups is 1. The van der Waals surface area contributed by atoms with Crippen LogP contribution in [0.5, 0.6) is 0 Å². The van der Waals surface area contributed by atoms with Gasteiger partial charge in [0.2, 0.25) is 0 Å². The highest BCUT2D eigenvalue weighted by atomic mass is 16.5. The van der Waals surface area contributed by atoms with E-state index < -0.39 is 0 Å². The van der Waals surface area contributed by atoms with Crippen molar-refractivity contribution in [2.75, 3.05) is 20.7 Å². The fourth-order valence-corrected chi connectivity index (χ4v) is 2.21. The summed E-state index contributed by atoms with van der Waals surface area (Å²) in [6.07, 6.45) is 4.76. The quantitative estimate of drug-likeness (QED) is 0.443. The average Bonchev–Trinajstić information content (AvgIpc) is 3.09. The van der Waals surface area contributed by atoms with E-state index in [9.17, 15) is 0 Å². The summed E-state index contributed by atoms with van der Waals surface area (Å²) in [7, 11) is 3.49. The van der Waals surface area contributed by atoms with Gasteiger partial charge >= 0.3 is 0 Å². The summed E-state index contributed by atoms with van der Waals surface area (Å²) in [5, 5.41) is 10.8. The molecule has 1 heterocycles. The number of hydrogen-bond donors (Lipinski definition) is 2. The Hall–Kier alpha value is -2.34. The van der Waals surface area contributed by atoms with E-state index in [-0.39, 0.29) is 0 Å². The van der Waals surface area contributed by atoms with Gasteiger partial charge < -0.3 is 15.4 Å². The van der Waals surface area contributed by atoms with Crippen LogP contribution in [0.25, 0.3) is 0 Å². The number of aryl methyl sites for hydroxylation is 1. The molecular formula is C17H25N5O. The van der Waals surface area contributed by atoms with Gasteiger partial charge in [-0.05, 0) is 23.6 Å². The van der Waals surface area contributed by atoms with Crippen molar-refractivity contribution >= 4 is 5.96 Å². The summed E-state index contributed by atoms with van der Waals surface area (Å²) < 4.78 is 7.04. The highest BCUT2D eigenvalue weighted by molar-refractivity contribution is 5.79. The summed E-state index contributed by atoms with van der Waals surface area (Å²) in [5.41, 5.74) is 2.39. The molecule has 1 aromatic carbocycles. The van der Waals surface area contributed by atoms with Crippen LogP contribution in [-0.4, -0.2) is 36.4 Å². The molecule has 2 rings (SSSR count). The molecule has 6 nitrogen and oxygen atoms in total. The molecule has 2 N–H and O–H groups in total. The highest BCUT2D eigenvalue weighted by Crippen LogP contribution is 2.05. The molecule has 2 aromatic rings. The molecule has 0 saturated carbocycles. The largest absolute Gasteiger partial charge is 0.380 e. The first kappa shape index (κ1) is 17.0. The topological polar surface area (TPSA) is 63.5 Å². The number of aliphatic imine (C=N–C) groups is 1. The monoisotopic (exact) mass is 315 g/mol. The SMILES string of the molecule is CN=C(NCCCn1cccn1)NCc1ccc(COC)cc1. The number of methoxy groups -OCH3 is 1. The van der Waals surface area contributed by atoms with E-state index in [1.165, 1.54) is 11.1 Å². The van der Waals surface area contributed by atoms with Gasteiger partial charge in [-0.25, -0.2) is 0 Å². The van der Waals surface area contributed by atoms with Crippen LogP contribution in [0.1, 0.15) is 17.5 Å². The minimum absolute atomic E-state index is 0.646. The molecule has 0 spiro atoms. The maximum Gasteiger partial charge on any atom is 0.191 e. The Morgan fingerprint density at radius 2 is 2.00 bits per heavy atom. The third-order valence-corrected chi connectivity index (χ3v) is 3.43. The number of rotatable bonds is 8. The highest BCUT2D eigenvalue weighted by Gasteiger charge is 1.99. The van der Waals surface area contributed by atoms with E-state index in [2.05, 4.69) is 45.0 Å². The van der Waals surface area contributed by atoms with Gasteiger partial charge in [0.25, 0.3) is 0 Å². The van der Waals surface area contributed by atoms with Crippen molar-refractivity contribution in [2.45, 2.75) is 26.1 Å². The van der Waals surface area contributed by atoms with Crippen molar-refractivity contribution in [2.24, 2.45) is 4.99 Å². The average molecular weight is 315 g/mol. The van der Waals surface area contributed by atoms with Gasteiger partial charge in [0.1, 0.15) is 0 Å². The van der Waals surface area contributed by atoms with Crippen molar-refractivity contribution in [1.82, 2.24) is 20.4 Å². The van der Waals surface area contributed by atoms with Gasteiger partial charge in [-0.3, -0.25) is 9.67 Å². The maximum atomic E-state index is 5.11. The molecule has 1 aromatic heterocycles. The Kier molecular flexibility index (Phi) is 7.13. The summed E-state index contributed by atoms with van der Waals surface area (Å²) in [6, 6.07) is 10.3. The normalized spacial score (nSPS) is 11.5. The van der Waals surface area contributed by atoms with E-state index in [1.807, 2.05) is 16.9 Å². The van der Waals surface area contributed by atoms with E-state index in [1.54, 1.807) is 20.4 Å². The maximum absolute atomic E-state index is 5.11. The van der Waals surface area contributed by atoms with Crippen molar-refractivity contribution in [3.63, 3.8) is 0 Å². The standard InChI is InChI=1S/C17H25N5O/c1-18-17(19-9-3-11-22-12-4-10-21-22)20-13-15-5-7-16(8-6-15)14-23-2/h4-8,10,12H,3,9,11,13-14H2,1-2H3,(H2,18,19,20). The molecule has 124 valence electrons. The Labute approximate surface area is 137 Å². The summed E-state index contributed by atoms with van der Waals surface area (Å²) in [6.45, 7) is 3.14. The number of aromatic nitrogens is 2. The lowest BCUT2D eigenvalue weighted by atomic mass is 10.1. The molecule has 0 amide bonds. The lowest BCUT2D eigenvalue weighted by molar-refractivity contribution is 0.185. The fourth-order valence-electron chi connectivity index (χ4n) is 2.21. The van der Waals surface area contributed by atoms with Crippen molar-refractivity contribution < 1.29 is 4.74 Å². The number of ether oxygens (including phenoxy) is 1. The Morgan fingerprint density at radius 3 is 2.65 bits per heavy atom. The van der Waals surface area contributed by atoms with Crippen LogP contribution in [0.4, 0.5) is 0 Å². The lowest BCUT2D eigenvalue weighted by Crippen LogP contribution is -2.37.